The van der Waals surface area contributed by atoms with Crippen LogP contribution in [0.1, 0.15) is 29.1 Å². The maximum absolute atomic E-state index is 13.3. The number of fused-ring (bicyclic) bond motifs is 1. The fraction of sp³-hybridized carbons (Fsp3) is 0.318. The molecule has 1 aromatic heterocycles. The second-order valence-electron chi connectivity index (χ2n) is 7.16. The highest BCUT2D eigenvalue weighted by Crippen LogP contribution is 2.28. The van der Waals surface area contributed by atoms with Gasteiger partial charge in [0.1, 0.15) is 5.75 Å². The Labute approximate surface area is 185 Å². The number of hydrogen-bond donors (Lipinski definition) is 1. The van der Waals surface area contributed by atoms with E-state index in [-0.39, 0.29) is 12.0 Å². The van der Waals surface area contributed by atoms with E-state index in [9.17, 15) is 22.8 Å². The fourth-order valence-corrected chi connectivity index (χ4v) is 3.65. The molecule has 1 N–H and O–H groups in total. The normalized spacial score (nSPS) is 16.5. The number of morpholine rings is 1. The summed E-state index contributed by atoms with van der Waals surface area (Å²) in [7, 11) is 0. The Morgan fingerprint density at radius 1 is 1.24 bits per heavy atom. The quantitative estimate of drug-likeness (QED) is 0.582. The fourth-order valence-electron chi connectivity index (χ4n) is 3.65. The van der Waals surface area contributed by atoms with Crippen molar-refractivity contribution in [3.8, 4) is 11.4 Å². The zero-order valence-electron chi connectivity index (χ0n) is 17.5. The minimum absolute atomic E-state index is 0.0404. The van der Waals surface area contributed by atoms with E-state index in [1.807, 2.05) is 0 Å². The summed E-state index contributed by atoms with van der Waals surface area (Å²) < 4.78 is 53.6. The van der Waals surface area contributed by atoms with Gasteiger partial charge in [-0.2, -0.15) is 5.10 Å². The first kappa shape index (κ1) is 22.7. The number of nitrogens with zero attached hydrogens (tertiary/aromatic N) is 2. The molecule has 1 atom stereocenters. The van der Waals surface area contributed by atoms with Crippen molar-refractivity contribution in [1.82, 2.24) is 15.1 Å². The molecule has 1 saturated heterocycles. The number of alkyl halides is 3. The summed E-state index contributed by atoms with van der Waals surface area (Å²) in [6, 6.07) is 10.0. The molecule has 0 saturated carbocycles. The number of hydrogen-bond acceptors (Lipinski definition) is 7. The Kier molecular flexibility index (Phi) is 6.34. The van der Waals surface area contributed by atoms with Crippen molar-refractivity contribution in [2.75, 3.05) is 26.3 Å². The topological polar surface area (TPSA) is 91.7 Å². The molecule has 2 heterocycles. The van der Waals surface area contributed by atoms with E-state index in [2.05, 4.69) is 15.2 Å². The number of carbonyl (C=O) groups excluding carboxylic acids is 1. The molecule has 1 aliphatic rings. The Balaban J connectivity index is 1.91. The summed E-state index contributed by atoms with van der Waals surface area (Å²) in [5, 5.41) is 7.61. The van der Waals surface area contributed by atoms with Crippen molar-refractivity contribution >= 4 is 16.9 Å². The SMILES string of the molecule is CCOC(=O)c1nn(-c2ccc(OC(F)(F)F)cc2)c2cccc(C3CNCCO3)c2c1=O. The lowest BCUT2D eigenvalue weighted by molar-refractivity contribution is -0.274. The highest BCUT2D eigenvalue weighted by atomic mass is 19.4. The minimum atomic E-state index is -4.83. The van der Waals surface area contributed by atoms with Gasteiger partial charge in [0.15, 0.2) is 0 Å². The van der Waals surface area contributed by atoms with Crippen molar-refractivity contribution in [3.63, 3.8) is 0 Å². The summed E-state index contributed by atoms with van der Waals surface area (Å²) in [6.45, 7) is 3.24. The van der Waals surface area contributed by atoms with Crippen LogP contribution in [-0.4, -0.2) is 48.4 Å². The molecule has 0 bridgehead atoms. The molecule has 1 fully saturated rings. The predicted molar refractivity (Wildman–Crippen MR) is 112 cm³/mol. The monoisotopic (exact) mass is 463 g/mol. The molecule has 33 heavy (non-hydrogen) atoms. The average Bonchev–Trinajstić information content (AvgIpc) is 2.79. The van der Waals surface area contributed by atoms with Crippen LogP contribution in [0.4, 0.5) is 13.2 Å². The standard InChI is InChI=1S/C22H20F3N3O5/c1-2-31-21(30)19-20(29)18-15(17-12-26-10-11-32-17)4-3-5-16(18)28(27-19)13-6-8-14(9-7-13)33-22(23,24)25/h3-9,17,26H,2,10-12H2,1H3. The Morgan fingerprint density at radius 2 is 2.00 bits per heavy atom. The highest BCUT2D eigenvalue weighted by Gasteiger charge is 2.31. The molecule has 0 amide bonds. The molecular formula is C22H20F3N3O5. The third kappa shape index (κ3) is 4.83. The lowest BCUT2D eigenvalue weighted by atomic mass is 10.0. The van der Waals surface area contributed by atoms with E-state index < -0.39 is 35.3 Å². The number of ether oxygens (including phenoxy) is 3. The third-order valence-electron chi connectivity index (χ3n) is 5.00. The lowest BCUT2D eigenvalue weighted by Crippen LogP contribution is -2.34. The van der Waals surface area contributed by atoms with Crippen LogP contribution in [-0.2, 0) is 9.47 Å². The molecule has 11 heteroatoms. The van der Waals surface area contributed by atoms with Crippen LogP contribution >= 0.6 is 0 Å². The molecule has 0 spiro atoms. The van der Waals surface area contributed by atoms with Crippen molar-refractivity contribution in [3.05, 3.63) is 63.9 Å². The smallest absolute Gasteiger partial charge is 0.461 e. The van der Waals surface area contributed by atoms with E-state index in [1.54, 1.807) is 25.1 Å². The van der Waals surface area contributed by atoms with Crippen LogP contribution in [0.3, 0.4) is 0 Å². The number of rotatable bonds is 5. The van der Waals surface area contributed by atoms with Crippen LogP contribution in [0, 0.1) is 0 Å². The van der Waals surface area contributed by atoms with Gasteiger partial charge in [-0.05, 0) is 42.8 Å². The van der Waals surface area contributed by atoms with Gasteiger partial charge in [-0.25, -0.2) is 9.48 Å². The summed E-state index contributed by atoms with van der Waals surface area (Å²) in [6.07, 6.45) is -5.26. The van der Waals surface area contributed by atoms with Crippen LogP contribution in [0.15, 0.2) is 47.3 Å². The number of benzene rings is 2. The summed E-state index contributed by atoms with van der Waals surface area (Å²) in [5.41, 5.74) is 0.213. The van der Waals surface area contributed by atoms with Gasteiger partial charge in [-0.1, -0.05) is 12.1 Å². The van der Waals surface area contributed by atoms with E-state index in [1.165, 1.54) is 16.8 Å². The van der Waals surface area contributed by atoms with Gasteiger partial charge in [-0.15, -0.1) is 13.2 Å². The first-order valence-electron chi connectivity index (χ1n) is 10.2. The molecule has 1 aliphatic heterocycles. The van der Waals surface area contributed by atoms with Gasteiger partial charge in [0, 0.05) is 13.1 Å². The maximum Gasteiger partial charge on any atom is 0.573 e. The first-order valence-corrected chi connectivity index (χ1v) is 10.2. The maximum atomic E-state index is 13.3. The second-order valence-corrected chi connectivity index (χ2v) is 7.16. The van der Waals surface area contributed by atoms with E-state index in [4.69, 9.17) is 9.47 Å². The third-order valence-corrected chi connectivity index (χ3v) is 5.00. The van der Waals surface area contributed by atoms with E-state index >= 15 is 0 Å². The van der Waals surface area contributed by atoms with Gasteiger partial charge < -0.3 is 19.5 Å². The van der Waals surface area contributed by atoms with Crippen molar-refractivity contribution < 1.29 is 32.2 Å². The van der Waals surface area contributed by atoms with Crippen LogP contribution in [0.2, 0.25) is 0 Å². The van der Waals surface area contributed by atoms with Gasteiger partial charge in [0.25, 0.3) is 0 Å². The Hall–Kier alpha value is -3.44. The van der Waals surface area contributed by atoms with Crippen molar-refractivity contribution in [2.45, 2.75) is 19.4 Å². The second kappa shape index (κ2) is 9.20. The summed E-state index contributed by atoms with van der Waals surface area (Å²) in [5.74, 6) is -1.31. The van der Waals surface area contributed by atoms with E-state index in [0.29, 0.717) is 36.5 Å². The lowest BCUT2D eigenvalue weighted by Gasteiger charge is -2.25. The molecule has 2 aromatic carbocycles. The molecule has 0 aliphatic carbocycles. The average molecular weight is 463 g/mol. The van der Waals surface area contributed by atoms with Crippen molar-refractivity contribution in [1.29, 1.82) is 0 Å². The molecule has 8 nitrogen and oxygen atoms in total. The van der Waals surface area contributed by atoms with Gasteiger partial charge in [-0.3, -0.25) is 4.79 Å². The van der Waals surface area contributed by atoms with Crippen LogP contribution in [0.25, 0.3) is 16.6 Å². The van der Waals surface area contributed by atoms with Gasteiger partial charge in [0.05, 0.1) is 35.9 Å². The summed E-state index contributed by atoms with van der Waals surface area (Å²) in [4.78, 5) is 25.8. The van der Waals surface area contributed by atoms with Crippen LogP contribution < -0.4 is 15.5 Å². The largest absolute Gasteiger partial charge is 0.573 e. The molecule has 1 unspecified atom stereocenters. The molecule has 4 rings (SSSR count). The zero-order chi connectivity index (χ0) is 23.6. The Morgan fingerprint density at radius 3 is 2.64 bits per heavy atom. The summed E-state index contributed by atoms with van der Waals surface area (Å²) >= 11 is 0. The molecule has 174 valence electrons. The van der Waals surface area contributed by atoms with Crippen molar-refractivity contribution in [2.24, 2.45) is 0 Å². The van der Waals surface area contributed by atoms with E-state index in [0.717, 1.165) is 12.1 Å². The number of aromatic nitrogens is 2. The number of halogens is 3. The van der Waals surface area contributed by atoms with Gasteiger partial charge >= 0.3 is 12.3 Å². The number of nitrogens with one attached hydrogen (secondary N) is 1. The minimum Gasteiger partial charge on any atom is -0.461 e. The molecule has 0 radical (unpaired) electrons. The van der Waals surface area contributed by atoms with Crippen LogP contribution in [0.5, 0.6) is 5.75 Å². The predicted octanol–water partition coefficient (Wildman–Crippen LogP) is 3.12. The first-order chi connectivity index (χ1) is 15.8. The molecule has 3 aromatic rings. The Bertz CT molecular complexity index is 1220. The number of carbonyl (C=O) groups is 1. The zero-order valence-corrected chi connectivity index (χ0v) is 17.5. The van der Waals surface area contributed by atoms with Gasteiger partial charge in [0.2, 0.25) is 11.1 Å². The number of esters is 1. The molecular weight excluding hydrogens is 443 g/mol. The highest BCUT2D eigenvalue weighted by molar-refractivity contribution is 5.93.